The third kappa shape index (κ3) is 3.76. The van der Waals surface area contributed by atoms with Crippen LogP contribution in [0, 0.1) is 5.82 Å². The van der Waals surface area contributed by atoms with Crippen molar-refractivity contribution in [2.45, 2.75) is 31.7 Å². The summed E-state index contributed by atoms with van der Waals surface area (Å²) in [5.74, 6) is -0.202. The molecule has 0 aromatic heterocycles. The molecule has 2 rings (SSSR count). The molecule has 1 aromatic carbocycles. The summed E-state index contributed by atoms with van der Waals surface area (Å²) in [6, 6.07) is 5.29. The Morgan fingerprint density at radius 1 is 1.45 bits per heavy atom. The normalized spacial score (nSPS) is 23.7. The van der Waals surface area contributed by atoms with Crippen molar-refractivity contribution in [1.82, 2.24) is 9.80 Å². The molecule has 0 saturated carbocycles. The number of likely N-dealkylation sites (tertiary alicyclic amines) is 1. The average Bonchev–Trinajstić information content (AvgIpc) is 2.71. The van der Waals surface area contributed by atoms with Gasteiger partial charge in [0, 0.05) is 37.8 Å². The molecular formula is C15H24FN3O. The standard InChI is InChI=1S/C15H24FN3O/c1-18(2)9-13-6-14(20)10-19(13)8-12-5-11(7-17)3-4-15(12)16/h3-5,13-14,20H,6-10,17H2,1-2H3. The molecule has 112 valence electrons. The van der Waals surface area contributed by atoms with Crippen molar-refractivity contribution < 1.29 is 9.50 Å². The molecule has 0 radical (unpaired) electrons. The van der Waals surface area contributed by atoms with Crippen LogP contribution in [0.2, 0.25) is 0 Å². The molecule has 1 fully saturated rings. The number of nitrogens with two attached hydrogens (primary N) is 1. The van der Waals surface area contributed by atoms with E-state index in [0.717, 1.165) is 18.5 Å². The third-order valence-corrected chi connectivity index (χ3v) is 3.80. The Bertz CT molecular complexity index is 453. The van der Waals surface area contributed by atoms with E-state index < -0.39 is 0 Å². The molecule has 0 amide bonds. The van der Waals surface area contributed by atoms with Crippen LogP contribution in [-0.4, -0.2) is 54.2 Å². The molecule has 1 heterocycles. The summed E-state index contributed by atoms with van der Waals surface area (Å²) in [6.45, 7) is 2.41. The Morgan fingerprint density at radius 2 is 2.20 bits per heavy atom. The molecule has 5 heteroatoms. The van der Waals surface area contributed by atoms with Gasteiger partial charge in [-0.25, -0.2) is 4.39 Å². The molecule has 0 spiro atoms. The molecule has 3 N–H and O–H groups in total. The van der Waals surface area contributed by atoms with Crippen molar-refractivity contribution in [3.63, 3.8) is 0 Å². The Labute approximate surface area is 120 Å². The van der Waals surface area contributed by atoms with Gasteiger partial charge < -0.3 is 15.7 Å². The van der Waals surface area contributed by atoms with Gasteiger partial charge in [0.05, 0.1) is 6.10 Å². The number of aliphatic hydroxyl groups is 1. The van der Waals surface area contributed by atoms with E-state index in [0.29, 0.717) is 25.2 Å². The van der Waals surface area contributed by atoms with Crippen LogP contribution < -0.4 is 5.73 Å². The second-order valence-corrected chi connectivity index (χ2v) is 5.86. The van der Waals surface area contributed by atoms with Gasteiger partial charge in [-0.05, 0) is 32.1 Å². The fourth-order valence-electron chi connectivity index (χ4n) is 2.86. The number of aliphatic hydroxyl groups excluding tert-OH is 1. The smallest absolute Gasteiger partial charge is 0.127 e. The van der Waals surface area contributed by atoms with Crippen LogP contribution in [-0.2, 0) is 13.1 Å². The fraction of sp³-hybridized carbons (Fsp3) is 0.600. The van der Waals surface area contributed by atoms with E-state index in [4.69, 9.17) is 5.73 Å². The lowest BCUT2D eigenvalue weighted by molar-refractivity contribution is 0.168. The summed E-state index contributed by atoms with van der Waals surface area (Å²) in [5, 5.41) is 9.86. The molecule has 4 nitrogen and oxygen atoms in total. The van der Waals surface area contributed by atoms with Crippen LogP contribution in [0.4, 0.5) is 4.39 Å². The number of nitrogens with zero attached hydrogens (tertiary/aromatic N) is 2. The highest BCUT2D eigenvalue weighted by Crippen LogP contribution is 2.22. The van der Waals surface area contributed by atoms with Gasteiger partial charge in [-0.1, -0.05) is 12.1 Å². The van der Waals surface area contributed by atoms with Crippen LogP contribution in [0.5, 0.6) is 0 Å². The van der Waals surface area contributed by atoms with E-state index in [-0.39, 0.29) is 18.0 Å². The molecule has 2 atom stereocenters. The molecule has 2 unspecified atom stereocenters. The molecular weight excluding hydrogens is 257 g/mol. The number of β-amino-alcohol motifs (C(OH)–C–C–N with tert-alkyl or cyclic N) is 1. The summed E-state index contributed by atoms with van der Waals surface area (Å²) in [6.07, 6.45) is 0.428. The van der Waals surface area contributed by atoms with Gasteiger partial charge in [0.25, 0.3) is 0 Å². The highest BCUT2D eigenvalue weighted by molar-refractivity contribution is 5.25. The minimum Gasteiger partial charge on any atom is -0.392 e. The maximum atomic E-state index is 13.9. The molecule has 1 aromatic rings. The monoisotopic (exact) mass is 281 g/mol. The number of hydrogen-bond donors (Lipinski definition) is 2. The predicted octanol–water partition coefficient (Wildman–Crippen LogP) is 0.781. The number of halogens is 1. The minimum atomic E-state index is -0.319. The van der Waals surface area contributed by atoms with Gasteiger partial charge >= 0.3 is 0 Å². The van der Waals surface area contributed by atoms with Gasteiger partial charge in [0.2, 0.25) is 0 Å². The number of hydrogen-bond acceptors (Lipinski definition) is 4. The Hall–Kier alpha value is -1.01. The van der Waals surface area contributed by atoms with Crippen LogP contribution in [0.3, 0.4) is 0 Å². The zero-order valence-corrected chi connectivity index (χ0v) is 12.2. The van der Waals surface area contributed by atoms with Crippen LogP contribution in [0.15, 0.2) is 18.2 Å². The van der Waals surface area contributed by atoms with Gasteiger partial charge in [-0.2, -0.15) is 0 Å². The third-order valence-electron chi connectivity index (χ3n) is 3.80. The number of benzene rings is 1. The summed E-state index contributed by atoms with van der Waals surface area (Å²) in [5.41, 5.74) is 7.20. The molecule has 20 heavy (non-hydrogen) atoms. The van der Waals surface area contributed by atoms with Crippen molar-refractivity contribution >= 4 is 0 Å². The molecule has 1 aliphatic heterocycles. The zero-order chi connectivity index (χ0) is 14.7. The SMILES string of the molecule is CN(C)CC1CC(O)CN1Cc1cc(CN)ccc1F. The number of rotatable bonds is 5. The van der Waals surface area contributed by atoms with Gasteiger partial charge in [0.1, 0.15) is 5.82 Å². The minimum absolute atomic E-state index is 0.202. The highest BCUT2D eigenvalue weighted by Gasteiger charge is 2.31. The Morgan fingerprint density at radius 3 is 2.85 bits per heavy atom. The van der Waals surface area contributed by atoms with Crippen LogP contribution in [0.25, 0.3) is 0 Å². The first-order valence-electron chi connectivity index (χ1n) is 7.03. The van der Waals surface area contributed by atoms with Crippen molar-refractivity contribution in [2.75, 3.05) is 27.2 Å². The van der Waals surface area contributed by atoms with E-state index in [1.165, 1.54) is 6.07 Å². The van der Waals surface area contributed by atoms with Gasteiger partial charge in [-0.3, -0.25) is 4.90 Å². The average molecular weight is 281 g/mol. The lowest BCUT2D eigenvalue weighted by atomic mass is 10.1. The summed E-state index contributed by atoms with van der Waals surface area (Å²) in [4.78, 5) is 4.26. The van der Waals surface area contributed by atoms with E-state index >= 15 is 0 Å². The Balaban J connectivity index is 2.11. The fourth-order valence-corrected chi connectivity index (χ4v) is 2.86. The van der Waals surface area contributed by atoms with Crippen molar-refractivity contribution in [1.29, 1.82) is 0 Å². The lowest BCUT2D eigenvalue weighted by Gasteiger charge is -2.27. The first kappa shape index (κ1) is 15.4. The lowest BCUT2D eigenvalue weighted by Crippen LogP contribution is -2.37. The van der Waals surface area contributed by atoms with Crippen molar-refractivity contribution in [2.24, 2.45) is 5.73 Å². The van der Waals surface area contributed by atoms with Crippen LogP contribution in [0.1, 0.15) is 17.5 Å². The van der Waals surface area contributed by atoms with E-state index in [2.05, 4.69) is 9.80 Å². The van der Waals surface area contributed by atoms with Crippen molar-refractivity contribution in [3.8, 4) is 0 Å². The van der Waals surface area contributed by atoms with Gasteiger partial charge in [0.15, 0.2) is 0 Å². The zero-order valence-electron chi connectivity index (χ0n) is 12.2. The van der Waals surface area contributed by atoms with E-state index in [9.17, 15) is 9.50 Å². The van der Waals surface area contributed by atoms with E-state index in [1.54, 1.807) is 6.07 Å². The first-order chi connectivity index (χ1) is 9.49. The second-order valence-electron chi connectivity index (χ2n) is 5.86. The quantitative estimate of drug-likeness (QED) is 0.837. The highest BCUT2D eigenvalue weighted by atomic mass is 19.1. The second kappa shape index (κ2) is 6.63. The summed E-state index contributed by atoms with van der Waals surface area (Å²) >= 11 is 0. The number of likely N-dealkylation sites (N-methyl/N-ethyl adjacent to an activating group) is 1. The molecule has 0 aliphatic carbocycles. The largest absolute Gasteiger partial charge is 0.392 e. The van der Waals surface area contributed by atoms with Gasteiger partial charge in [-0.15, -0.1) is 0 Å². The van der Waals surface area contributed by atoms with Crippen LogP contribution >= 0.6 is 0 Å². The topological polar surface area (TPSA) is 52.7 Å². The molecule has 1 aliphatic rings. The predicted molar refractivity (Wildman–Crippen MR) is 77.7 cm³/mol. The van der Waals surface area contributed by atoms with Crippen molar-refractivity contribution in [3.05, 3.63) is 35.1 Å². The summed E-state index contributed by atoms with van der Waals surface area (Å²) < 4.78 is 13.9. The maximum absolute atomic E-state index is 13.9. The van der Waals surface area contributed by atoms with E-state index in [1.807, 2.05) is 20.2 Å². The maximum Gasteiger partial charge on any atom is 0.127 e. The first-order valence-corrected chi connectivity index (χ1v) is 7.03. The molecule has 0 bridgehead atoms. The summed E-state index contributed by atoms with van der Waals surface area (Å²) in [7, 11) is 4.02. The molecule has 1 saturated heterocycles. The Kier molecular flexibility index (Phi) is 5.10.